The molecule has 0 aromatic heterocycles. The number of hydrogen-bond donors (Lipinski definition) is 0. The molecule has 4 nitrogen and oxygen atoms in total. The van der Waals surface area contributed by atoms with Gasteiger partial charge in [0.2, 0.25) is 0 Å². The Bertz CT molecular complexity index is 1340. The van der Waals surface area contributed by atoms with E-state index in [1.54, 1.807) is 26.4 Å². The third-order valence-corrected chi connectivity index (χ3v) is 8.52. The molecule has 5 rings (SSSR count). The lowest BCUT2D eigenvalue weighted by atomic mass is 9.58. The van der Waals surface area contributed by atoms with Crippen molar-refractivity contribution in [1.82, 2.24) is 0 Å². The standard InChI is InChI=1S/C33H37FO4/c1-32(2,3)31(37-5)28-16-21(6-10-26(28)27-17-24(36-4)9-11-30(27)34)20-38-25-8-7-22-12-14-33(29(22)18-25)15-13-23(33)19-35/h6-11,16-19,23,31H,12-15,20H2,1-5H3/t23-,31+,33-/m1/s1. The number of carbonyl (C=O) groups is 1. The normalized spacial score (nSPS) is 21.1. The second-order valence-corrected chi connectivity index (χ2v) is 11.8. The van der Waals surface area contributed by atoms with Gasteiger partial charge in [-0.15, -0.1) is 0 Å². The van der Waals surface area contributed by atoms with Crippen molar-refractivity contribution >= 4 is 6.29 Å². The van der Waals surface area contributed by atoms with Crippen LogP contribution in [-0.4, -0.2) is 20.5 Å². The Morgan fingerprint density at radius 3 is 2.45 bits per heavy atom. The summed E-state index contributed by atoms with van der Waals surface area (Å²) in [5.74, 6) is 1.22. The van der Waals surface area contributed by atoms with Crippen molar-refractivity contribution in [1.29, 1.82) is 0 Å². The van der Waals surface area contributed by atoms with Gasteiger partial charge in [0, 0.05) is 24.0 Å². The second kappa shape index (κ2) is 10.2. The van der Waals surface area contributed by atoms with Crippen LogP contribution in [0.15, 0.2) is 54.6 Å². The summed E-state index contributed by atoms with van der Waals surface area (Å²) in [6, 6.07) is 17.1. The minimum absolute atomic E-state index is 0.00444. The van der Waals surface area contributed by atoms with Crippen LogP contribution in [0.4, 0.5) is 4.39 Å². The fraction of sp³-hybridized carbons (Fsp3) is 0.424. The van der Waals surface area contributed by atoms with E-state index in [4.69, 9.17) is 14.2 Å². The molecule has 1 fully saturated rings. The van der Waals surface area contributed by atoms with E-state index < -0.39 is 0 Å². The van der Waals surface area contributed by atoms with E-state index in [9.17, 15) is 4.79 Å². The molecule has 3 atom stereocenters. The van der Waals surface area contributed by atoms with Crippen molar-refractivity contribution in [2.24, 2.45) is 11.3 Å². The number of fused-ring (bicyclic) bond motifs is 2. The molecule has 0 saturated heterocycles. The molecule has 5 heteroatoms. The molecule has 0 radical (unpaired) electrons. The number of hydrogen-bond acceptors (Lipinski definition) is 4. The number of ether oxygens (including phenoxy) is 3. The number of halogens is 1. The fourth-order valence-corrected chi connectivity index (χ4v) is 6.44. The number of methoxy groups -OCH3 is 2. The van der Waals surface area contributed by atoms with Gasteiger partial charge in [0.05, 0.1) is 13.2 Å². The SMILES string of the molecule is COc1ccc(F)c(-c2ccc(COc3ccc4c(c3)[C@]3(CC4)CC[C@@H]3C=O)cc2[C@H](OC)C(C)(C)C)c1. The molecule has 2 aliphatic rings. The summed E-state index contributed by atoms with van der Waals surface area (Å²) in [4.78, 5) is 11.7. The van der Waals surface area contributed by atoms with E-state index in [1.807, 2.05) is 18.2 Å². The molecular formula is C33H37FO4. The van der Waals surface area contributed by atoms with Crippen molar-refractivity contribution in [3.05, 3.63) is 82.7 Å². The predicted molar refractivity (Wildman–Crippen MR) is 147 cm³/mol. The average molecular weight is 517 g/mol. The van der Waals surface area contributed by atoms with Crippen molar-refractivity contribution in [2.75, 3.05) is 14.2 Å². The second-order valence-electron chi connectivity index (χ2n) is 11.8. The van der Waals surface area contributed by atoms with E-state index in [2.05, 4.69) is 39.0 Å². The molecule has 0 heterocycles. The first-order valence-corrected chi connectivity index (χ1v) is 13.4. The van der Waals surface area contributed by atoms with Crippen LogP contribution in [0.25, 0.3) is 11.1 Å². The highest BCUT2D eigenvalue weighted by molar-refractivity contribution is 5.70. The van der Waals surface area contributed by atoms with Crippen LogP contribution in [0, 0.1) is 17.2 Å². The molecule has 38 heavy (non-hydrogen) atoms. The maximum Gasteiger partial charge on any atom is 0.131 e. The zero-order valence-electron chi connectivity index (χ0n) is 23.0. The van der Waals surface area contributed by atoms with E-state index >= 15 is 4.39 Å². The van der Waals surface area contributed by atoms with Crippen molar-refractivity contribution in [2.45, 2.75) is 64.6 Å². The molecule has 3 aromatic carbocycles. The molecule has 0 unspecified atom stereocenters. The smallest absolute Gasteiger partial charge is 0.131 e. The van der Waals surface area contributed by atoms with Gasteiger partial charge < -0.3 is 19.0 Å². The van der Waals surface area contributed by atoms with Gasteiger partial charge in [-0.1, -0.05) is 39.0 Å². The van der Waals surface area contributed by atoms with Crippen molar-refractivity contribution < 1.29 is 23.4 Å². The minimum atomic E-state index is -0.309. The molecule has 0 amide bonds. The van der Waals surface area contributed by atoms with Crippen LogP contribution in [0.3, 0.4) is 0 Å². The summed E-state index contributed by atoms with van der Waals surface area (Å²) in [5, 5.41) is 0. The van der Waals surface area contributed by atoms with Gasteiger partial charge in [-0.25, -0.2) is 4.39 Å². The number of rotatable bonds is 8. The quantitative estimate of drug-likeness (QED) is 0.289. The maximum atomic E-state index is 15.0. The van der Waals surface area contributed by atoms with Crippen LogP contribution in [0.5, 0.6) is 11.5 Å². The highest BCUT2D eigenvalue weighted by Gasteiger charge is 2.51. The summed E-state index contributed by atoms with van der Waals surface area (Å²) >= 11 is 0. The van der Waals surface area contributed by atoms with Gasteiger partial charge in [-0.3, -0.25) is 0 Å². The highest BCUT2D eigenvalue weighted by Crippen LogP contribution is 2.56. The lowest BCUT2D eigenvalue weighted by Gasteiger charge is -2.45. The first kappa shape index (κ1) is 26.4. The van der Waals surface area contributed by atoms with Gasteiger partial charge in [-0.05, 0) is 95.3 Å². The van der Waals surface area contributed by atoms with E-state index in [0.717, 1.165) is 54.4 Å². The Kier molecular flexibility index (Phi) is 7.08. The van der Waals surface area contributed by atoms with Gasteiger partial charge in [0.25, 0.3) is 0 Å². The Balaban J connectivity index is 1.46. The van der Waals surface area contributed by atoms with Crippen LogP contribution in [0.1, 0.15) is 68.4 Å². The third kappa shape index (κ3) is 4.62. The fourth-order valence-electron chi connectivity index (χ4n) is 6.44. The first-order valence-electron chi connectivity index (χ1n) is 13.4. The minimum Gasteiger partial charge on any atom is -0.497 e. The summed E-state index contributed by atoms with van der Waals surface area (Å²) in [6.45, 7) is 6.72. The Hall–Kier alpha value is -3.18. The monoisotopic (exact) mass is 516 g/mol. The zero-order valence-corrected chi connectivity index (χ0v) is 23.0. The number of aryl methyl sites for hydroxylation is 1. The number of carbonyl (C=O) groups excluding carboxylic acids is 1. The van der Waals surface area contributed by atoms with E-state index in [-0.39, 0.29) is 28.7 Å². The molecule has 1 spiro atoms. The van der Waals surface area contributed by atoms with Gasteiger partial charge in [-0.2, -0.15) is 0 Å². The lowest BCUT2D eigenvalue weighted by molar-refractivity contribution is -0.116. The van der Waals surface area contributed by atoms with Gasteiger partial charge >= 0.3 is 0 Å². The lowest BCUT2D eigenvalue weighted by Crippen LogP contribution is -2.43. The largest absolute Gasteiger partial charge is 0.497 e. The highest BCUT2D eigenvalue weighted by atomic mass is 19.1. The van der Waals surface area contributed by atoms with Crippen LogP contribution in [-0.2, 0) is 28.0 Å². The maximum absolute atomic E-state index is 15.0. The summed E-state index contributed by atoms with van der Waals surface area (Å²) in [5.41, 5.74) is 5.55. The molecule has 0 aliphatic heterocycles. The predicted octanol–water partition coefficient (Wildman–Crippen LogP) is 7.61. The Morgan fingerprint density at radius 1 is 1.00 bits per heavy atom. The zero-order chi connectivity index (χ0) is 27.1. The van der Waals surface area contributed by atoms with E-state index in [1.165, 1.54) is 17.2 Å². The van der Waals surface area contributed by atoms with Crippen LogP contribution >= 0.6 is 0 Å². The molecule has 0 N–H and O–H groups in total. The van der Waals surface area contributed by atoms with Crippen molar-refractivity contribution in [3.63, 3.8) is 0 Å². The summed E-state index contributed by atoms with van der Waals surface area (Å²) < 4.78 is 32.6. The first-order chi connectivity index (χ1) is 18.2. The molecular weight excluding hydrogens is 479 g/mol. The molecule has 1 saturated carbocycles. The Morgan fingerprint density at radius 2 is 1.79 bits per heavy atom. The average Bonchev–Trinajstić information content (AvgIpc) is 3.28. The summed E-state index contributed by atoms with van der Waals surface area (Å²) in [7, 11) is 3.27. The van der Waals surface area contributed by atoms with Crippen LogP contribution < -0.4 is 9.47 Å². The third-order valence-electron chi connectivity index (χ3n) is 8.52. The van der Waals surface area contributed by atoms with Crippen LogP contribution in [0.2, 0.25) is 0 Å². The molecule has 0 bridgehead atoms. The van der Waals surface area contributed by atoms with Gasteiger partial charge in [0.15, 0.2) is 0 Å². The summed E-state index contributed by atoms with van der Waals surface area (Å²) in [6.07, 6.45) is 5.00. The topological polar surface area (TPSA) is 44.8 Å². The number of aldehydes is 1. The van der Waals surface area contributed by atoms with Gasteiger partial charge in [0.1, 0.15) is 30.2 Å². The Labute approximate surface area is 225 Å². The van der Waals surface area contributed by atoms with E-state index in [0.29, 0.717) is 17.9 Å². The molecule has 200 valence electrons. The molecule has 2 aliphatic carbocycles. The molecule has 3 aromatic rings. The number of benzene rings is 3. The van der Waals surface area contributed by atoms with Crippen molar-refractivity contribution in [3.8, 4) is 22.6 Å².